The van der Waals surface area contributed by atoms with Gasteiger partial charge in [-0.25, -0.2) is 0 Å². The fraction of sp³-hybridized carbons (Fsp3) is 0.455. The maximum absolute atomic E-state index is 6.14. The van der Waals surface area contributed by atoms with Crippen LogP contribution in [-0.2, 0) is 0 Å². The van der Waals surface area contributed by atoms with Crippen molar-refractivity contribution in [2.75, 3.05) is 45.6 Å². The Morgan fingerprint density at radius 3 is 1.67 bits per heavy atom. The lowest BCUT2D eigenvalue weighted by Gasteiger charge is -2.16. The molecule has 5 nitrogen and oxygen atoms in total. The average Bonchev–Trinajstić information content (AvgIpc) is 3.23. The van der Waals surface area contributed by atoms with E-state index >= 15 is 0 Å². The van der Waals surface area contributed by atoms with Crippen molar-refractivity contribution in [1.29, 1.82) is 0 Å². The largest absolute Gasteiger partial charge is 0.489 e. The van der Waals surface area contributed by atoms with Gasteiger partial charge in [0.2, 0.25) is 0 Å². The highest BCUT2D eigenvalue weighted by molar-refractivity contribution is 5.62. The molecule has 0 amide bonds. The average molecular weight is 367 g/mol. The molecule has 2 atom stereocenters. The molecule has 2 heterocycles. The van der Waals surface area contributed by atoms with Crippen LogP contribution < -0.4 is 14.8 Å². The van der Waals surface area contributed by atoms with Crippen LogP contribution in [0.4, 0.5) is 11.4 Å². The minimum Gasteiger partial charge on any atom is -0.489 e. The predicted molar refractivity (Wildman–Crippen MR) is 109 cm³/mol. The molecule has 2 aromatic rings. The van der Waals surface area contributed by atoms with Gasteiger partial charge in [-0.1, -0.05) is 12.1 Å². The molecule has 2 aliphatic rings. The third kappa shape index (κ3) is 4.93. The standard InChI is InChI=1S/C22H29N3O2/c1-24-11-9-21(15-24)26-19-7-3-5-17(13-19)23-18-6-4-8-20(14-18)27-22-10-12-25(2)16-22/h3-8,13-14,21-23H,9-12,15-16H2,1-2H3. The summed E-state index contributed by atoms with van der Waals surface area (Å²) >= 11 is 0. The van der Waals surface area contributed by atoms with E-state index in [0.717, 1.165) is 61.9 Å². The van der Waals surface area contributed by atoms with Crippen LogP contribution >= 0.6 is 0 Å². The summed E-state index contributed by atoms with van der Waals surface area (Å²) in [6.45, 7) is 4.19. The molecule has 0 bridgehead atoms. The second-order valence-corrected chi connectivity index (χ2v) is 7.76. The maximum Gasteiger partial charge on any atom is 0.121 e. The molecule has 27 heavy (non-hydrogen) atoms. The molecule has 0 saturated carbocycles. The number of likely N-dealkylation sites (tertiary alicyclic amines) is 2. The van der Waals surface area contributed by atoms with E-state index in [1.807, 2.05) is 24.3 Å². The Morgan fingerprint density at radius 2 is 1.26 bits per heavy atom. The zero-order valence-electron chi connectivity index (χ0n) is 16.2. The van der Waals surface area contributed by atoms with Gasteiger partial charge in [0.25, 0.3) is 0 Å². The lowest BCUT2D eigenvalue weighted by Crippen LogP contribution is -2.21. The molecule has 2 aromatic carbocycles. The number of hydrogen-bond donors (Lipinski definition) is 1. The molecule has 5 heteroatoms. The van der Waals surface area contributed by atoms with Crippen LogP contribution in [0.3, 0.4) is 0 Å². The summed E-state index contributed by atoms with van der Waals surface area (Å²) in [5, 5.41) is 3.47. The molecule has 0 aromatic heterocycles. The van der Waals surface area contributed by atoms with Crippen LogP contribution in [0.2, 0.25) is 0 Å². The highest BCUT2D eigenvalue weighted by atomic mass is 16.5. The van der Waals surface area contributed by atoms with E-state index in [2.05, 4.69) is 53.5 Å². The molecule has 0 spiro atoms. The second kappa shape index (κ2) is 8.19. The van der Waals surface area contributed by atoms with Gasteiger partial charge in [0.1, 0.15) is 23.7 Å². The summed E-state index contributed by atoms with van der Waals surface area (Å²) in [4.78, 5) is 4.61. The summed E-state index contributed by atoms with van der Waals surface area (Å²) in [7, 11) is 4.28. The van der Waals surface area contributed by atoms with Gasteiger partial charge in [0.05, 0.1) is 0 Å². The van der Waals surface area contributed by atoms with E-state index in [4.69, 9.17) is 9.47 Å². The van der Waals surface area contributed by atoms with Gasteiger partial charge < -0.3 is 24.6 Å². The monoisotopic (exact) mass is 367 g/mol. The van der Waals surface area contributed by atoms with Crippen LogP contribution in [0, 0.1) is 0 Å². The molecule has 4 rings (SSSR count). The van der Waals surface area contributed by atoms with Gasteiger partial charge in [0.15, 0.2) is 0 Å². The lowest BCUT2D eigenvalue weighted by molar-refractivity contribution is 0.208. The fourth-order valence-electron chi connectivity index (χ4n) is 3.83. The first-order chi connectivity index (χ1) is 13.1. The molecule has 0 aliphatic carbocycles. The Hall–Kier alpha value is -2.24. The summed E-state index contributed by atoms with van der Waals surface area (Å²) < 4.78 is 12.3. The molecule has 2 aliphatic heterocycles. The van der Waals surface area contributed by atoms with Crippen LogP contribution in [-0.4, -0.2) is 62.3 Å². The normalized spacial score (nSPS) is 23.5. The number of ether oxygens (including phenoxy) is 2. The lowest BCUT2D eigenvalue weighted by atomic mass is 10.2. The Morgan fingerprint density at radius 1 is 0.778 bits per heavy atom. The van der Waals surface area contributed by atoms with Gasteiger partial charge in [-0.05, 0) is 51.2 Å². The zero-order chi connectivity index (χ0) is 18.6. The van der Waals surface area contributed by atoms with Crippen LogP contribution in [0.15, 0.2) is 48.5 Å². The second-order valence-electron chi connectivity index (χ2n) is 7.76. The van der Waals surface area contributed by atoms with Gasteiger partial charge >= 0.3 is 0 Å². The summed E-state index contributed by atoms with van der Waals surface area (Å²) in [5.41, 5.74) is 2.05. The van der Waals surface area contributed by atoms with Crippen LogP contribution in [0.5, 0.6) is 11.5 Å². The first-order valence-electron chi connectivity index (χ1n) is 9.81. The van der Waals surface area contributed by atoms with Gasteiger partial charge in [-0.15, -0.1) is 0 Å². The first-order valence-corrected chi connectivity index (χ1v) is 9.81. The van der Waals surface area contributed by atoms with E-state index in [9.17, 15) is 0 Å². The number of rotatable bonds is 6. The van der Waals surface area contributed by atoms with E-state index in [-0.39, 0.29) is 12.2 Å². The van der Waals surface area contributed by atoms with Crippen LogP contribution in [0.25, 0.3) is 0 Å². The number of nitrogens with one attached hydrogen (secondary N) is 1. The zero-order valence-corrected chi connectivity index (χ0v) is 16.2. The van der Waals surface area contributed by atoms with Crippen molar-refractivity contribution >= 4 is 11.4 Å². The Balaban J connectivity index is 1.38. The van der Waals surface area contributed by atoms with E-state index in [1.165, 1.54) is 0 Å². The number of benzene rings is 2. The Kier molecular flexibility index (Phi) is 5.50. The SMILES string of the molecule is CN1CCC(Oc2cccc(Nc3cccc(OC4CCN(C)C4)c3)c2)C1. The fourth-order valence-corrected chi connectivity index (χ4v) is 3.83. The number of nitrogens with zero attached hydrogens (tertiary/aromatic N) is 2. The van der Waals surface area contributed by atoms with E-state index in [0.29, 0.717) is 0 Å². The molecular formula is C22H29N3O2. The van der Waals surface area contributed by atoms with Crippen molar-refractivity contribution in [2.24, 2.45) is 0 Å². The van der Waals surface area contributed by atoms with Crippen molar-refractivity contribution in [3.8, 4) is 11.5 Å². The smallest absolute Gasteiger partial charge is 0.121 e. The summed E-state index contributed by atoms with van der Waals surface area (Å²) in [6, 6.07) is 16.4. The molecule has 144 valence electrons. The van der Waals surface area contributed by atoms with Gasteiger partial charge in [-0.3, -0.25) is 0 Å². The Bertz CT molecular complexity index is 703. The molecular weight excluding hydrogens is 338 g/mol. The highest BCUT2D eigenvalue weighted by Crippen LogP contribution is 2.27. The summed E-state index contributed by atoms with van der Waals surface area (Å²) in [6.07, 6.45) is 2.74. The molecule has 1 N–H and O–H groups in total. The van der Waals surface area contributed by atoms with Crippen molar-refractivity contribution in [3.05, 3.63) is 48.5 Å². The van der Waals surface area contributed by atoms with Crippen molar-refractivity contribution in [1.82, 2.24) is 9.80 Å². The minimum atomic E-state index is 0.284. The van der Waals surface area contributed by atoms with Crippen molar-refractivity contribution in [3.63, 3.8) is 0 Å². The van der Waals surface area contributed by atoms with Crippen molar-refractivity contribution < 1.29 is 9.47 Å². The third-order valence-corrected chi connectivity index (χ3v) is 5.26. The number of anilines is 2. The highest BCUT2D eigenvalue weighted by Gasteiger charge is 2.21. The third-order valence-electron chi connectivity index (χ3n) is 5.26. The molecule has 2 unspecified atom stereocenters. The summed E-state index contributed by atoms with van der Waals surface area (Å²) in [5.74, 6) is 1.84. The minimum absolute atomic E-state index is 0.284. The van der Waals surface area contributed by atoms with Crippen molar-refractivity contribution in [2.45, 2.75) is 25.0 Å². The quantitative estimate of drug-likeness (QED) is 0.844. The maximum atomic E-state index is 6.14. The number of hydrogen-bond acceptors (Lipinski definition) is 5. The van der Waals surface area contributed by atoms with E-state index in [1.54, 1.807) is 0 Å². The Labute approximate surface area is 161 Å². The molecule has 0 radical (unpaired) electrons. The van der Waals surface area contributed by atoms with Crippen LogP contribution in [0.1, 0.15) is 12.8 Å². The van der Waals surface area contributed by atoms with Gasteiger partial charge in [-0.2, -0.15) is 0 Å². The topological polar surface area (TPSA) is 37.0 Å². The molecule has 2 saturated heterocycles. The van der Waals surface area contributed by atoms with Gasteiger partial charge in [0, 0.05) is 49.7 Å². The first kappa shape index (κ1) is 18.1. The number of likely N-dealkylation sites (N-methyl/N-ethyl adjacent to an activating group) is 2. The van der Waals surface area contributed by atoms with E-state index < -0.39 is 0 Å². The molecule has 2 fully saturated rings. The predicted octanol–water partition coefficient (Wildman–Crippen LogP) is 3.60.